The summed E-state index contributed by atoms with van der Waals surface area (Å²) in [5.74, 6) is -0.372. The number of rotatable bonds is 3. The van der Waals surface area contributed by atoms with Crippen molar-refractivity contribution >= 4 is 44.3 Å². The maximum absolute atomic E-state index is 13.1. The molecule has 0 aliphatic carbocycles. The van der Waals surface area contributed by atoms with Crippen LogP contribution in [0.25, 0.3) is 10.9 Å². The number of likely N-dealkylation sites (N-methyl/N-ethyl adjacent to an activating group) is 2. The zero-order valence-electron chi connectivity index (χ0n) is 13.3. The van der Waals surface area contributed by atoms with Crippen LogP contribution in [0.3, 0.4) is 0 Å². The number of para-hydroxylation sites is 1. The number of H-pyrrole nitrogens is 1. The van der Waals surface area contributed by atoms with E-state index in [4.69, 9.17) is 0 Å². The third-order valence-electron chi connectivity index (χ3n) is 5.00. The molecular formula is C16H17N3O3S2. The number of carbonyl (C=O) groups excluding carboxylic acids is 2. The van der Waals surface area contributed by atoms with Crippen LogP contribution in [-0.2, 0) is 16.0 Å². The summed E-state index contributed by atoms with van der Waals surface area (Å²) in [6, 6.07) is 7.91. The molecule has 0 radical (unpaired) electrons. The number of hydrogen-bond acceptors (Lipinski definition) is 5. The Morgan fingerprint density at radius 3 is 2.46 bits per heavy atom. The normalized spacial score (nSPS) is 29.8. The summed E-state index contributed by atoms with van der Waals surface area (Å²) in [7, 11) is 5.90. The van der Waals surface area contributed by atoms with Crippen LogP contribution in [-0.4, -0.2) is 62.1 Å². The summed E-state index contributed by atoms with van der Waals surface area (Å²) in [6.45, 7) is -0.390. The van der Waals surface area contributed by atoms with Crippen molar-refractivity contribution in [1.29, 1.82) is 0 Å². The van der Waals surface area contributed by atoms with E-state index >= 15 is 0 Å². The fraction of sp³-hybridized carbons (Fsp3) is 0.375. The minimum atomic E-state index is -1.21. The number of aliphatic hydroxyl groups excluding tert-OH is 1. The average Bonchev–Trinajstić information content (AvgIpc) is 3.00. The Balaban J connectivity index is 1.79. The van der Waals surface area contributed by atoms with Gasteiger partial charge < -0.3 is 19.9 Å². The highest BCUT2D eigenvalue weighted by atomic mass is 33.1. The molecule has 8 heteroatoms. The van der Waals surface area contributed by atoms with Crippen LogP contribution in [0.2, 0.25) is 0 Å². The third-order valence-corrected chi connectivity index (χ3v) is 8.71. The average molecular weight is 363 g/mol. The second-order valence-electron chi connectivity index (χ2n) is 6.16. The summed E-state index contributed by atoms with van der Waals surface area (Å²) in [6.07, 6.45) is 2.32. The smallest absolute Gasteiger partial charge is 0.263 e. The van der Waals surface area contributed by atoms with E-state index in [9.17, 15) is 14.7 Å². The summed E-state index contributed by atoms with van der Waals surface area (Å²) in [5, 5.41) is 10.8. The molecule has 2 unspecified atom stereocenters. The predicted octanol–water partition coefficient (Wildman–Crippen LogP) is 1.42. The van der Waals surface area contributed by atoms with E-state index in [0.29, 0.717) is 6.42 Å². The van der Waals surface area contributed by atoms with E-state index in [1.54, 1.807) is 14.1 Å². The van der Waals surface area contributed by atoms with Crippen molar-refractivity contribution in [2.45, 2.75) is 16.2 Å². The molecule has 6 nitrogen and oxygen atoms in total. The van der Waals surface area contributed by atoms with Gasteiger partial charge in [0.25, 0.3) is 11.8 Å². The van der Waals surface area contributed by atoms with Gasteiger partial charge >= 0.3 is 0 Å². The van der Waals surface area contributed by atoms with Gasteiger partial charge in [-0.15, -0.1) is 0 Å². The van der Waals surface area contributed by atoms with Crippen LogP contribution in [0.5, 0.6) is 0 Å². The van der Waals surface area contributed by atoms with Crippen molar-refractivity contribution in [1.82, 2.24) is 14.8 Å². The van der Waals surface area contributed by atoms with Crippen LogP contribution < -0.4 is 0 Å². The molecule has 2 N–H and O–H groups in total. The van der Waals surface area contributed by atoms with Gasteiger partial charge in [0, 0.05) is 37.6 Å². The molecule has 2 atom stereocenters. The molecule has 3 aliphatic rings. The first kappa shape index (κ1) is 15.9. The lowest BCUT2D eigenvalue weighted by Gasteiger charge is -2.58. The zero-order chi connectivity index (χ0) is 17.1. The van der Waals surface area contributed by atoms with Crippen LogP contribution in [0.1, 0.15) is 5.56 Å². The number of carbonyl (C=O) groups is 2. The topological polar surface area (TPSA) is 76.6 Å². The lowest BCUT2D eigenvalue weighted by atomic mass is 9.97. The van der Waals surface area contributed by atoms with E-state index in [2.05, 4.69) is 4.98 Å². The van der Waals surface area contributed by atoms with Gasteiger partial charge in [-0.1, -0.05) is 29.0 Å². The van der Waals surface area contributed by atoms with Crippen molar-refractivity contribution in [2.75, 3.05) is 20.7 Å². The highest BCUT2D eigenvalue weighted by Crippen LogP contribution is 2.59. The first-order chi connectivity index (χ1) is 11.5. The Kier molecular flexibility index (Phi) is 3.42. The third kappa shape index (κ3) is 1.79. The Hall–Kier alpha value is -1.64. The van der Waals surface area contributed by atoms with E-state index < -0.39 is 9.74 Å². The number of nitrogens with one attached hydrogen (secondary N) is 1. The Bertz CT molecular complexity index is 854. The predicted molar refractivity (Wildman–Crippen MR) is 95.3 cm³/mol. The molecule has 1 aromatic heterocycles. The van der Waals surface area contributed by atoms with Gasteiger partial charge in [0.1, 0.15) is 0 Å². The Labute approximate surface area is 147 Å². The molecule has 3 fully saturated rings. The van der Waals surface area contributed by atoms with Crippen molar-refractivity contribution < 1.29 is 14.7 Å². The molecule has 4 heterocycles. The van der Waals surface area contributed by atoms with Crippen molar-refractivity contribution in [2.24, 2.45) is 0 Å². The molecule has 3 saturated heterocycles. The van der Waals surface area contributed by atoms with E-state index in [1.165, 1.54) is 31.4 Å². The van der Waals surface area contributed by atoms with Crippen LogP contribution >= 0.6 is 21.6 Å². The van der Waals surface area contributed by atoms with E-state index in [-0.39, 0.29) is 18.4 Å². The monoisotopic (exact) mass is 363 g/mol. The van der Waals surface area contributed by atoms with Crippen molar-refractivity contribution in [3.8, 4) is 0 Å². The summed E-state index contributed by atoms with van der Waals surface area (Å²) >= 11 is 0. The number of amides is 2. The first-order valence-electron chi connectivity index (χ1n) is 7.55. The van der Waals surface area contributed by atoms with Crippen LogP contribution in [0.4, 0.5) is 0 Å². The van der Waals surface area contributed by atoms with Gasteiger partial charge in [-0.25, -0.2) is 0 Å². The van der Waals surface area contributed by atoms with Gasteiger partial charge in [-0.05, 0) is 22.4 Å². The quantitative estimate of drug-likeness (QED) is 0.807. The highest BCUT2D eigenvalue weighted by molar-refractivity contribution is 8.78. The van der Waals surface area contributed by atoms with Crippen LogP contribution in [0.15, 0.2) is 30.5 Å². The van der Waals surface area contributed by atoms with Crippen molar-refractivity contribution in [3.05, 3.63) is 36.0 Å². The second-order valence-corrected chi connectivity index (χ2v) is 8.84. The summed E-state index contributed by atoms with van der Waals surface area (Å²) in [4.78, 5) is 29.8. The first-order valence-corrected chi connectivity index (χ1v) is 9.70. The maximum Gasteiger partial charge on any atom is 0.263 e. The Morgan fingerprint density at radius 2 is 1.71 bits per heavy atom. The lowest BCUT2D eigenvalue weighted by molar-refractivity contribution is -0.165. The van der Waals surface area contributed by atoms with E-state index in [1.807, 2.05) is 30.5 Å². The number of aromatic nitrogens is 1. The number of benzene rings is 1. The Morgan fingerprint density at radius 1 is 1.08 bits per heavy atom. The molecule has 0 saturated carbocycles. The SMILES string of the molecule is CN1C(=O)C2(Cc3c[nH]c4ccccc34)SSC1(CO)C(=O)N2C. The fourth-order valence-corrected chi connectivity index (χ4v) is 7.03. The molecule has 5 rings (SSSR count). The zero-order valence-corrected chi connectivity index (χ0v) is 14.9. The highest BCUT2D eigenvalue weighted by Gasteiger charge is 2.67. The molecular weight excluding hydrogens is 346 g/mol. The van der Waals surface area contributed by atoms with Gasteiger partial charge in [-0.2, -0.15) is 0 Å². The van der Waals surface area contributed by atoms with Gasteiger partial charge in [-0.3, -0.25) is 9.59 Å². The number of nitrogens with zero attached hydrogens (tertiary/aromatic N) is 2. The molecule has 3 aliphatic heterocycles. The molecule has 2 bridgehead atoms. The van der Waals surface area contributed by atoms with Gasteiger partial charge in [0.05, 0.1) is 6.61 Å². The molecule has 24 heavy (non-hydrogen) atoms. The number of hydrogen-bond donors (Lipinski definition) is 2. The summed E-state index contributed by atoms with van der Waals surface area (Å²) in [5.41, 5.74) is 2.01. The number of aromatic amines is 1. The number of piperazine rings is 1. The molecule has 2 amide bonds. The molecule has 126 valence electrons. The minimum absolute atomic E-state index is 0.146. The number of aliphatic hydroxyl groups is 1. The molecule has 0 spiro atoms. The number of fused-ring (bicyclic) bond motifs is 4. The summed E-state index contributed by atoms with van der Waals surface area (Å²) < 4.78 is 0. The largest absolute Gasteiger partial charge is 0.392 e. The van der Waals surface area contributed by atoms with Gasteiger partial charge in [0.2, 0.25) is 4.87 Å². The van der Waals surface area contributed by atoms with E-state index in [0.717, 1.165) is 16.5 Å². The lowest BCUT2D eigenvalue weighted by Crippen LogP contribution is -2.77. The van der Waals surface area contributed by atoms with Gasteiger partial charge in [0.15, 0.2) is 4.87 Å². The second kappa shape index (κ2) is 5.18. The minimum Gasteiger partial charge on any atom is -0.392 e. The standard InChI is InChI=1S/C16H17N3O3S2/c1-18-14(22)16(9-20)19(2)13(21)15(18,23-24-16)7-10-8-17-12-6-4-3-5-11(10)12/h3-6,8,17,20H,7,9H2,1-2H3. The van der Waals surface area contributed by atoms with Crippen molar-refractivity contribution in [3.63, 3.8) is 0 Å². The maximum atomic E-state index is 13.1. The fourth-order valence-electron chi connectivity index (χ4n) is 3.42. The van der Waals surface area contributed by atoms with Crippen LogP contribution in [0, 0.1) is 0 Å². The molecule has 1 aromatic carbocycles. The molecule has 2 aromatic rings.